The van der Waals surface area contributed by atoms with Crippen molar-refractivity contribution in [1.82, 2.24) is 5.06 Å². The van der Waals surface area contributed by atoms with Gasteiger partial charge in [-0.2, -0.15) is 0 Å². The van der Waals surface area contributed by atoms with Crippen LogP contribution in [0.2, 0.25) is 0 Å². The van der Waals surface area contributed by atoms with Gasteiger partial charge in [0.25, 0.3) is 0 Å². The SMILES string of the molecule is CCC1C=CC=CC1(O)N(CC)Oc1ccccc1. The Morgan fingerprint density at radius 2 is 1.95 bits per heavy atom. The molecule has 2 atom stereocenters. The number of allylic oxidation sites excluding steroid dienone is 2. The van der Waals surface area contributed by atoms with Crippen molar-refractivity contribution < 1.29 is 9.94 Å². The molecule has 0 aliphatic heterocycles. The zero-order valence-electron chi connectivity index (χ0n) is 11.5. The molecule has 0 fully saturated rings. The number of hydrogen-bond donors (Lipinski definition) is 1. The number of rotatable bonds is 5. The molecule has 0 heterocycles. The van der Waals surface area contributed by atoms with Crippen LogP contribution in [0.15, 0.2) is 54.6 Å². The fraction of sp³-hybridized carbons (Fsp3) is 0.375. The molecule has 1 aromatic carbocycles. The van der Waals surface area contributed by atoms with Crippen LogP contribution >= 0.6 is 0 Å². The molecule has 0 bridgehead atoms. The maximum Gasteiger partial charge on any atom is 0.176 e. The van der Waals surface area contributed by atoms with Crippen LogP contribution in [0.25, 0.3) is 0 Å². The minimum atomic E-state index is -1.09. The molecule has 1 aliphatic rings. The predicted octanol–water partition coefficient (Wildman–Crippen LogP) is 3.14. The summed E-state index contributed by atoms with van der Waals surface area (Å²) in [7, 11) is 0. The lowest BCUT2D eigenvalue weighted by Crippen LogP contribution is -2.54. The van der Waals surface area contributed by atoms with Gasteiger partial charge >= 0.3 is 0 Å². The summed E-state index contributed by atoms with van der Waals surface area (Å²) in [6.07, 6.45) is 8.51. The number of hydroxylamine groups is 2. The van der Waals surface area contributed by atoms with Gasteiger partial charge in [0.15, 0.2) is 5.72 Å². The molecule has 0 radical (unpaired) electrons. The quantitative estimate of drug-likeness (QED) is 0.651. The van der Waals surface area contributed by atoms with E-state index in [0.717, 1.165) is 12.2 Å². The van der Waals surface area contributed by atoms with Crippen molar-refractivity contribution in [3.8, 4) is 5.75 Å². The molecule has 2 unspecified atom stereocenters. The molecule has 1 aliphatic carbocycles. The van der Waals surface area contributed by atoms with E-state index in [2.05, 4.69) is 6.92 Å². The minimum Gasteiger partial charge on any atom is -0.403 e. The van der Waals surface area contributed by atoms with Gasteiger partial charge in [0.2, 0.25) is 0 Å². The zero-order valence-corrected chi connectivity index (χ0v) is 11.5. The van der Waals surface area contributed by atoms with Crippen LogP contribution in [0.3, 0.4) is 0 Å². The van der Waals surface area contributed by atoms with Crippen molar-refractivity contribution in [3.63, 3.8) is 0 Å². The third kappa shape index (κ3) is 2.88. The molecular weight excluding hydrogens is 238 g/mol. The highest BCUT2D eigenvalue weighted by molar-refractivity contribution is 5.23. The zero-order chi connectivity index (χ0) is 13.7. The van der Waals surface area contributed by atoms with Crippen molar-refractivity contribution in [2.24, 2.45) is 5.92 Å². The number of nitrogens with zero attached hydrogens (tertiary/aromatic N) is 1. The van der Waals surface area contributed by atoms with Gasteiger partial charge in [0, 0.05) is 12.5 Å². The third-order valence-electron chi connectivity index (χ3n) is 3.43. The van der Waals surface area contributed by atoms with Gasteiger partial charge in [0.1, 0.15) is 5.75 Å². The summed E-state index contributed by atoms with van der Waals surface area (Å²) in [4.78, 5) is 5.84. The lowest BCUT2D eigenvalue weighted by atomic mass is 9.88. The van der Waals surface area contributed by atoms with Crippen molar-refractivity contribution in [2.75, 3.05) is 6.54 Å². The molecule has 0 aromatic heterocycles. The highest BCUT2D eigenvalue weighted by Crippen LogP contribution is 2.31. The van der Waals surface area contributed by atoms with Crippen LogP contribution in [-0.4, -0.2) is 22.4 Å². The van der Waals surface area contributed by atoms with Crippen molar-refractivity contribution in [2.45, 2.75) is 26.0 Å². The molecule has 19 heavy (non-hydrogen) atoms. The summed E-state index contributed by atoms with van der Waals surface area (Å²) >= 11 is 0. The maximum absolute atomic E-state index is 10.9. The van der Waals surface area contributed by atoms with Gasteiger partial charge in [-0.15, -0.1) is 5.06 Å². The fourth-order valence-corrected chi connectivity index (χ4v) is 2.36. The second-order valence-corrected chi connectivity index (χ2v) is 4.64. The molecule has 102 valence electrons. The Balaban J connectivity index is 2.21. The van der Waals surface area contributed by atoms with E-state index in [1.807, 2.05) is 55.5 Å². The Bertz CT molecular complexity index is 455. The molecule has 1 N–H and O–H groups in total. The van der Waals surface area contributed by atoms with Crippen molar-refractivity contribution in [3.05, 3.63) is 54.6 Å². The number of aliphatic hydroxyl groups is 1. The van der Waals surface area contributed by atoms with E-state index in [1.54, 1.807) is 11.1 Å². The summed E-state index contributed by atoms with van der Waals surface area (Å²) in [5, 5.41) is 12.6. The summed E-state index contributed by atoms with van der Waals surface area (Å²) < 4.78 is 0. The number of likely N-dealkylation sites (N-methyl/N-ethyl adjacent to an activating group) is 1. The monoisotopic (exact) mass is 259 g/mol. The Morgan fingerprint density at radius 3 is 2.58 bits per heavy atom. The van der Waals surface area contributed by atoms with E-state index in [4.69, 9.17) is 4.84 Å². The largest absolute Gasteiger partial charge is 0.403 e. The number of benzene rings is 1. The second-order valence-electron chi connectivity index (χ2n) is 4.64. The van der Waals surface area contributed by atoms with Crippen LogP contribution < -0.4 is 4.84 Å². The number of para-hydroxylation sites is 1. The first-order valence-corrected chi connectivity index (χ1v) is 6.79. The first-order valence-electron chi connectivity index (χ1n) is 6.79. The van der Waals surface area contributed by atoms with Crippen LogP contribution in [0.5, 0.6) is 5.75 Å². The third-order valence-corrected chi connectivity index (χ3v) is 3.43. The summed E-state index contributed by atoms with van der Waals surface area (Å²) in [5.74, 6) is 0.761. The van der Waals surface area contributed by atoms with Gasteiger partial charge < -0.3 is 9.94 Å². The lowest BCUT2D eigenvalue weighted by Gasteiger charge is -2.41. The molecule has 3 heteroatoms. The first kappa shape index (κ1) is 13.8. The van der Waals surface area contributed by atoms with Gasteiger partial charge in [-0.1, -0.05) is 43.4 Å². The van der Waals surface area contributed by atoms with Gasteiger partial charge in [0.05, 0.1) is 0 Å². The predicted molar refractivity (Wildman–Crippen MR) is 76.5 cm³/mol. The van der Waals surface area contributed by atoms with Gasteiger partial charge in [-0.3, -0.25) is 0 Å². The first-order chi connectivity index (χ1) is 9.20. The van der Waals surface area contributed by atoms with E-state index in [9.17, 15) is 5.11 Å². The topological polar surface area (TPSA) is 32.7 Å². The molecule has 1 aromatic rings. The lowest BCUT2D eigenvalue weighted by molar-refractivity contribution is -0.231. The Hall–Kier alpha value is -1.58. The maximum atomic E-state index is 10.9. The molecule has 0 spiro atoms. The van der Waals surface area contributed by atoms with Crippen LogP contribution in [0.1, 0.15) is 20.3 Å². The average molecular weight is 259 g/mol. The Kier molecular flexibility index (Phi) is 4.40. The average Bonchev–Trinajstić information content (AvgIpc) is 2.46. The Morgan fingerprint density at radius 1 is 1.21 bits per heavy atom. The van der Waals surface area contributed by atoms with Crippen LogP contribution in [0, 0.1) is 5.92 Å². The van der Waals surface area contributed by atoms with E-state index in [-0.39, 0.29) is 5.92 Å². The fourth-order valence-electron chi connectivity index (χ4n) is 2.36. The highest BCUT2D eigenvalue weighted by atomic mass is 16.7. The van der Waals surface area contributed by atoms with E-state index < -0.39 is 5.72 Å². The minimum absolute atomic E-state index is 0.0289. The molecule has 2 rings (SSSR count). The van der Waals surface area contributed by atoms with Gasteiger partial charge in [-0.25, -0.2) is 0 Å². The smallest absolute Gasteiger partial charge is 0.176 e. The molecule has 0 saturated carbocycles. The summed E-state index contributed by atoms with van der Waals surface area (Å²) in [6.45, 7) is 4.63. The van der Waals surface area contributed by atoms with Gasteiger partial charge in [-0.05, 0) is 31.6 Å². The van der Waals surface area contributed by atoms with E-state index in [0.29, 0.717) is 6.54 Å². The molecule has 0 amide bonds. The Labute approximate surface area is 114 Å². The summed E-state index contributed by atoms with van der Waals surface area (Å²) in [6, 6.07) is 9.54. The van der Waals surface area contributed by atoms with E-state index >= 15 is 0 Å². The standard InChI is InChI=1S/C16H21NO2/c1-3-14-10-8-9-13-16(14,18)17(4-2)19-15-11-6-5-7-12-15/h5-14,18H,3-4H2,1-2H3. The van der Waals surface area contributed by atoms with E-state index in [1.165, 1.54) is 0 Å². The highest BCUT2D eigenvalue weighted by Gasteiger charge is 2.40. The molecule has 3 nitrogen and oxygen atoms in total. The van der Waals surface area contributed by atoms with Crippen LogP contribution in [0.4, 0.5) is 0 Å². The second kappa shape index (κ2) is 6.04. The van der Waals surface area contributed by atoms with Crippen molar-refractivity contribution in [1.29, 1.82) is 0 Å². The van der Waals surface area contributed by atoms with Crippen LogP contribution in [-0.2, 0) is 0 Å². The number of hydrogen-bond acceptors (Lipinski definition) is 3. The normalized spacial score (nSPS) is 25.8. The summed E-state index contributed by atoms with van der Waals surface area (Å²) in [5.41, 5.74) is -1.09. The van der Waals surface area contributed by atoms with Crippen molar-refractivity contribution >= 4 is 0 Å². The molecule has 0 saturated heterocycles. The molecular formula is C16H21NO2.